The minimum Gasteiger partial charge on any atom is -0.397 e. The van der Waals surface area contributed by atoms with Crippen LogP contribution in [0.1, 0.15) is 64.0 Å². The summed E-state index contributed by atoms with van der Waals surface area (Å²) in [5.74, 6) is 0. The Hall–Kier alpha value is -1.05. The molecule has 0 aliphatic heterocycles. The van der Waals surface area contributed by atoms with Crippen molar-refractivity contribution < 1.29 is 0 Å². The van der Waals surface area contributed by atoms with Crippen LogP contribution in [0.2, 0.25) is 0 Å². The van der Waals surface area contributed by atoms with Crippen LogP contribution in [-0.2, 0) is 6.42 Å². The first-order chi connectivity index (χ1) is 8.33. The Kier molecular flexibility index (Phi) is 7.44. The number of aryl methyl sites for hydroxylation is 1. The lowest BCUT2D eigenvalue weighted by atomic mass is 10.1. The van der Waals surface area contributed by atoms with E-state index in [4.69, 9.17) is 5.73 Å². The van der Waals surface area contributed by atoms with Crippen molar-refractivity contribution in [2.24, 2.45) is 0 Å². The molecular weight excluding hydrogens is 208 g/mol. The number of anilines is 1. The molecule has 0 radical (unpaired) electrons. The predicted octanol–water partition coefficient (Wildman–Crippen LogP) is 4.35. The summed E-state index contributed by atoms with van der Waals surface area (Å²) < 4.78 is 0. The third-order valence-corrected chi connectivity index (χ3v) is 3.13. The molecule has 1 aromatic heterocycles. The van der Waals surface area contributed by atoms with Crippen molar-refractivity contribution in [3.63, 3.8) is 0 Å². The predicted molar refractivity (Wildman–Crippen MR) is 75.0 cm³/mol. The van der Waals surface area contributed by atoms with Crippen LogP contribution in [0, 0.1) is 0 Å². The Morgan fingerprint density at radius 1 is 0.941 bits per heavy atom. The summed E-state index contributed by atoms with van der Waals surface area (Å²) in [5, 5.41) is 0. The molecule has 2 heteroatoms. The van der Waals surface area contributed by atoms with Gasteiger partial charge in [0.05, 0.1) is 11.9 Å². The molecule has 0 aromatic carbocycles. The van der Waals surface area contributed by atoms with Gasteiger partial charge < -0.3 is 5.73 Å². The van der Waals surface area contributed by atoms with Crippen LogP contribution in [0.4, 0.5) is 5.69 Å². The van der Waals surface area contributed by atoms with Crippen LogP contribution >= 0.6 is 0 Å². The van der Waals surface area contributed by atoms with E-state index in [0.717, 1.165) is 12.1 Å². The number of aromatic nitrogens is 1. The molecule has 1 heterocycles. The Bertz CT molecular complexity index is 279. The molecule has 0 bridgehead atoms. The monoisotopic (exact) mass is 234 g/mol. The summed E-state index contributed by atoms with van der Waals surface area (Å²) >= 11 is 0. The normalized spacial score (nSPS) is 10.6. The largest absolute Gasteiger partial charge is 0.397 e. The molecule has 96 valence electrons. The first-order valence-electron chi connectivity index (χ1n) is 7.03. The molecule has 1 rings (SSSR count). The fraction of sp³-hybridized carbons (Fsp3) is 0.667. The zero-order chi connectivity index (χ0) is 12.3. The van der Waals surface area contributed by atoms with Gasteiger partial charge in [0, 0.05) is 5.69 Å². The topological polar surface area (TPSA) is 38.9 Å². The van der Waals surface area contributed by atoms with Crippen LogP contribution in [0.3, 0.4) is 0 Å². The Labute approximate surface area is 106 Å². The lowest BCUT2D eigenvalue weighted by Gasteiger charge is -2.02. The Balaban J connectivity index is 1.95. The van der Waals surface area contributed by atoms with Crippen LogP contribution in [0.15, 0.2) is 18.3 Å². The maximum absolute atomic E-state index is 5.60. The third-order valence-electron chi connectivity index (χ3n) is 3.13. The molecule has 0 unspecified atom stereocenters. The van der Waals surface area contributed by atoms with Crippen LogP contribution in [0.25, 0.3) is 0 Å². The molecule has 0 aliphatic rings. The first-order valence-corrected chi connectivity index (χ1v) is 7.03. The quantitative estimate of drug-likeness (QED) is 0.645. The highest BCUT2D eigenvalue weighted by Crippen LogP contribution is 2.10. The van der Waals surface area contributed by atoms with Gasteiger partial charge in [0.25, 0.3) is 0 Å². The smallest absolute Gasteiger partial charge is 0.0501 e. The van der Waals surface area contributed by atoms with Gasteiger partial charge in [-0.3, -0.25) is 4.98 Å². The average Bonchev–Trinajstić information content (AvgIpc) is 2.35. The van der Waals surface area contributed by atoms with Crippen molar-refractivity contribution in [1.29, 1.82) is 0 Å². The maximum atomic E-state index is 5.60. The summed E-state index contributed by atoms with van der Waals surface area (Å²) in [6, 6.07) is 3.98. The highest BCUT2D eigenvalue weighted by atomic mass is 14.7. The fourth-order valence-corrected chi connectivity index (χ4v) is 2.02. The van der Waals surface area contributed by atoms with E-state index in [-0.39, 0.29) is 0 Å². The fourth-order valence-electron chi connectivity index (χ4n) is 2.02. The van der Waals surface area contributed by atoms with E-state index in [1.165, 1.54) is 57.1 Å². The van der Waals surface area contributed by atoms with Gasteiger partial charge in [0.1, 0.15) is 0 Å². The average molecular weight is 234 g/mol. The third kappa shape index (κ3) is 6.98. The molecule has 0 amide bonds. The summed E-state index contributed by atoms with van der Waals surface area (Å²) in [6.07, 6.45) is 13.8. The zero-order valence-electron chi connectivity index (χ0n) is 11.1. The van der Waals surface area contributed by atoms with Crippen molar-refractivity contribution in [3.8, 4) is 0 Å². The van der Waals surface area contributed by atoms with Gasteiger partial charge >= 0.3 is 0 Å². The molecule has 2 N–H and O–H groups in total. The lowest BCUT2D eigenvalue weighted by molar-refractivity contribution is 0.574. The van der Waals surface area contributed by atoms with Gasteiger partial charge in [-0.15, -0.1) is 0 Å². The van der Waals surface area contributed by atoms with Gasteiger partial charge in [0.15, 0.2) is 0 Å². The van der Waals surface area contributed by atoms with E-state index in [1.54, 1.807) is 6.20 Å². The van der Waals surface area contributed by atoms with Crippen molar-refractivity contribution in [2.75, 3.05) is 5.73 Å². The number of nitrogen functional groups attached to an aromatic ring is 1. The van der Waals surface area contributed by atoms with E-state index in [2.05, 4.69) is 11.9 Å². The number of pyridine rings is 1. The molecule has 2 nitrogen and oxygen atoms in total. The second-order valence-corrected chi connectivity index (χ2v) is 4.81. The molecule has 0 aliphatic carbocycles. The standard InChI is InChI=1S/C15H26N2/c1-2-3-4-5-6-7-8-9-10-15-12-11-14(16)13-17-15/h11-13H,2-10,16H2,1H3. The Morgan fingerprint density at radius 3 is 2.18 bits per heavy atom. The van der Waals surface area contributed by atoms with Gasteiger partial charge in [-0.2, -0.15) is 0 Å². The van der Waals surface area contributed by atoms with Gasteiger partial charge in [-0.05, 0) is 25.0 Å². The molecule has 0 spiro atoms. The second kappa shape index (κ2) is 9.03. The molecule has 0 saturated heterocycles. The molecular formula is C15H26N2. The van der Waals surface area contributed by atoms with Crippen molar-refractivity contribution >= 4 is 5.69 Å². The molecule has 17 heavy (non-hydrogen) atoms. The number of hydrogen-bond donors (Lipinski definition) is 1. The summed E-state index contributed by atoms with van der Waals surface area (Å²) in [7, 11) is 0. The van der Waals surface area contributed by atoms with Gasteiger partial charge in [-0.1, -0.05) is 51.9 Å². The minimum absolute atomic E-state index is 0.754. The highest BCUT2D eigenvalue weighted by Gasteiger charge is 1.95. The molecule has 0 atom stereocenters. The first kappa shape index (κ1) is 14.0. The van der Waals surface area contributed by atoms with Crippen molar-refractivity contribution in [1.82, 2.24) is 4.98 Å². The van der Waals surface area contributed by atoms with Crippen molar-refractivity contribution in [3.05, 3.63) is 24.0 Å². The Morgan fingerprint density at radius 2 is 1.59 bits per heavy atom. The van der Waals surface area contributed by atoms with E-state index in [9.17, 15) is 0 Å². The lowest BCUT2D eigenvalue weighted by Crippen LogP contribution is -1.92. The second-order valence-electron chi connectivity index (χ2n) is 4.81. The van der Waals surface area contributed by atoms with Crippen LogP contribution in [-0.4, -0.2) is 4.98 Å². The van der Waals surface area contributed by atoms with Crippen LogP contribution < -0.4 is 5.73 Å². The number of unbranched alkanes of at least 4 members (excludes halogenated alkanes) is 7. The van der Waals surface area contributed by atoms with E-state index < -0.39 is 0 Å². The number of nitrogens with zero attached hydrogens (tertiary/aromatic N) is 1. The van der Waals surface area contributed by atoms with Crippen LogP contribution in [0.5, 0.6) is 0 Å². The molecule has 0 fully saturated rings. The highest BCUT2D eigenvalue weighted by molar-refractivity contribution is 5.34. The number of hydrogen-bond acceptors (Lipinski definition) is 2. The summed E-state index contributed by atoms with van der Waals surface area (Å²) in [4.78, 5) is 4.31. The SMILES string of the molecule is CCCCCCCCCCc1ccc(N)cn1. The van der Waals surface area contributed by atoms with Gasteiger partial charge in [-0.25, -0.2) is 0 Å². The van der Waals surface area contributed by atoms with Gasteiger partial charge in [0.2, 0.25) is 0 Å². The minimum atomic E-state index is 0.754. The van der Waals surface area contributed by atoms with E-state index in [0.29, 0.717) is 0 Å². The summed E-state index contributed by atoms with van der Waals surface area (Å²) in [6.45, 7) is 2.26. The molecule has 0 saturated carbocycles. The van der Waals surface area contributed by atoms with E-state index in [1.807, 2.05) is 12.1 Å². The maximum Gasteiger partial charge on any atom is 0.0501 e. The number of rotatable bonds is 9. The zero-order valence-corrected chi connectivity index (χ0v) is 11.1. The van der Waals surface area contributed by atoms with Crippen molar-refractivity contribution in [2.45, 2.75) is 64.7 Å². The summed E-state index contributed by atoms with van der Waals surface area (Å²) in [5.41, 5.74) is 7.52. The molecule has 1 aromatic rings. The van der Waals surface area contributed by atoms with E-state index >= 15 is 0 Å². The number of nitrogens with two attached hydrogens (primary N) is 1.